The van der Waals surface area contributed by atoms with E-state index in [1.165, 1.54) is 17.3 Å². The Hall–Kier alpha value is -3.16. The minimum atomic E-state index is -0.628. The number of carbonyl (C=O) groups is 1. The summed E-state index contributed by atoms with van der Waals surface area (Å²) in [6.45, 7) is 4.55. The lowest BCUT2D eigenvalue weighted by molar-refractivity contribution is -0.138. The minimum Gasteiger partial charge on any atom is -0.506 e. The molecule has 0 fully saturated rings. The van der Waals surface area contributed by atoms with Gasteiger partial charge in [-0.25, -0.2) is 9.79 Å². The Morgan fingerprint density at radius 1 is 1.02 bits per heavy atom. The maximum absolute atomic E-state index is 12.9. The number of aliphatic hydroxyl groups excluding tert-OH is 1. The molecule has 3 aromatic carbocycles. The highest BCUT2D eigenvalue weighted by atomic mass is 35.5. The summed E-state index contributed by atoms with van der Waals surface area (Å²) in [4.78, 5) is 18.0. The average Bonchev–Trinajstić information content (AvgIpc) is 3.43. The van der Waals surface area contributed by atoms with Crippen molar-refractivity contribution in [3.8, 4) is 0 Å². The van der Waals surface area contributed by atoms with Gasteiger partial charge in [0.2, 0.25) is 0 Å². The van der Waals surface area contributed by atoms with E-state index in [9.17, 15) is 9.90 Å². The monoisotopic (exact) mass is 610 g/mol. The molecule has 0 spiro atoms. The third kappa shape index (κ3) is 5.81. The van der Waals surface area contributed by atoms with E-state index in [1.54, 1.807) is 37.3 Å². The van der Waals surface area contributed by atoms with Crippen LogP contribution in [-0.4, -0.2) is 27.3 Å². The van der Waals surface area contributed by atoms with Gasteiger partial charge in [-0.1, -0.05) is 77.8 Å². The number of hydrogen-bond donors (Lipinski definition) is 1. The third-order valence-corrected chi connectivity index (χ3v) is 8.32. The largest absolute Gasteiger partial charge is 0.506 e. The first-order valence-corrected chi connectivity index (χ1v) is 14.6. The molecule has 0 atom stereocenters. The molecule has 204 valence electrons. The molecule has 2 heterocycles. The van der Waals surface area contributed by atoms with Crippen LogP contribution in [0.3, 0.4) is 0 Å². The zero-order valence-corrected chi connectivity index (χ0v) is 24.8. The third-order valence-electron chi connectivity index (χ3n) is 6.46. The summed E-state index contributed by atoms with van der Waals surface area (Å²) in [6, 6.07) is 18.6. The van der Waals surface area contributed by atoms with E-state index >= 15 is 0 Å². The highest BCUT2D eigenvalue weighted by Crippen LogP contribution is 2.41. The normalized spacial score (nSPS) is 15.5. The molecule has 0 saturated carbocycles. The number of carbonyl (C=O) groups excluding carboxylic acids is 1. The van der Waals surface area contributed by atoms with Crippen LogP contribution in [0.25, 0.3) is 17.0 Å². The maximum Gasteiger partial charge on any atom is 0.344 e. The molecule has 9 heteroatoms. The van der Waals surface area contributed by atoms with Crippen molar-refractivity contribution in [2.45, 2.75) is 26.8 Å². The molecular weight excluding hydrogens is 587 g/mol. The minimum absolute atomic E-state index is 0.0407. The maximum atomic E-state index is 12.9. The number of aliphatic hydroxyl groups is 1. The van der Waals surface area contributed by atoms with E-state index in [0.717, 1.165) is 28.5 Å². The molecule has 0 radical (unpaired) electrons. The van der Waals surface area contributed by atoms with E-state index in [-0.39, 0.29) is 17.9 Å². The van der Waals surface area contributed by atoms with Crippen LogP contribution in [0.5, 0.6) is 0 Å². The van der Waals surface area contributed by atoms with Crippen molar-refractivity contribution in [1.29, 1.82) is 0 Å². The SMILES string of the molecule is CCOC(=O)C1=C(O)/C(=C/c2cn(Cc3ccc(Cl)cc3Cl)c3c(CC)cccc23)SC1=Nc1ccc(Cl)cc1. The van der Waals surface area contributed by atoms with Crippen LogP contribution in [0, 0.1) is 0 Å². The molecule has 1 aliphatic heterocycles. The summed E-state index contributed by atoms with van der Waals surface area (Å²) >= 11 is 19.9. The molecule has 1 aliphatic rings. The van der Waals surface area contributed by atoms with Crippen LogP contribution in [-0.2, 0) is 22.5 Å². The highest BCUT2D eigenvalue weighted by molar-refractivity contribution is 8.18. The Kier molecular flexibility index (Phi) is 8.62. The number of nitrogens with zero attached hydrogens (tertiary/aromatic N) is 2. The number of benzene rings is 3. The van der Waals surface area contributed by atoms with Gasteiger partial charge in [-0.15, -0.1) is 0 Å². The lowest BCUT2D eigenvalue weighted by Crippen LogP contribution is -2.12. The van der Waals surface area contributed by atoms with Crippen molar-refractivity contribution in [2.24, 2.45) is 4.99 Å². The molecule has 1 aromatic heterocycles. The van der Waals surface area contributed by atoms with Crippen molar-refractivity contribution in [3.05, 3.63) is 115 Å². The number of rotatable bonds is 7. The summed E-state index contributed by atoms with van der Waals surface area (Å²) in [7, 11) is 0. The topological polar surface area (TPSA) is 63.8 Å². The predicted molar refractivity (Wildman–Crippen MR) is 167 cm³/mol. The van der Waals surface area contributed by atoms with Gasteiger partial charge in [0, 0.05) is 38.8 Å². The molecular formula is C31H25Cl3N2O3S. The van der Waals surface area contributed by atoms with E-state index in [2.05, 4.69) is 28.6 Å². The van der Waals surface area contributed by atoms with E-state index in [0.29, 0.717) is 37.2 Å². The number of fused-ring (bicyclic) bond motifs is 1. The summed E-state index contributed by atoms with van der Waals surface area (Å²) in [5.74, 6) is -0.791. The first-order valence-electron chi connectivity index (χ1n) is 12.7. The zero-order valence-electron chi connectivity index (χ0n) is 21.7. The van der Waals surface area contributed by atoms with Gasteiger partial charge in [-0.2, -0.15) is 0 Å². The summed E-state index contributed by atoms with van der Waals surface area (Å²) < 4.78 is 7.40. The number of halogens is 3. The molecule has 1 N–H and O–H groups in total. The standard InChI is InChI=1S/C31H25Cl3N2O3S/c1-3-18-6-5-7-24-20(17-36(28(18)24)16-19-8-9-22(33)15-25(19)34)14-26-29(37)27(31(38)39-4-2)30(40-26)35-23-12-10-21(32)11-13-23/h5-15,17,37H,3-4,16H2,1-2H3/b26-14-,35-30?. The molecule has 0 unspecified atom stereocenters. The van der Waals surface area contributed by atoms with E-state index in [4.69, 9.17) is 39.5 Å². The second-order valence-electron chi connectivity index (χ2n) is 9.06. The second kappa shape index (κ2) is 12.1. The van der Waals surface area contributed by atoms with Crippen LogP contribution in [0.2, 0.25) is 15.1 Å². The molecule has 5 nitrogen and oxygen atoms in total. The van der Waals surface area contributed by atoms with Crippen molar-refractivity contribution in [2.75, 3.05) is 6.61 Å². The summed E-state index contributed by atoms with van der Waals surface area (Å²) in [6.07, 6.45) is 4.76. The zero-order chi connectivity index (χ0) is 28.4. The Balaban J connectivity index is 1.62. The quantitative estimate of drug-likeness (QED) is 0.212. The van der Waals surface area contributed by atoms with Gasteiger partial charge in [0.25, 0.3) is 0 Å². The van der Waals surface area contributed by atoms with Gasteiger partial charge >= 0.3 is 5.97 Å². The number of hydrogen-bond acceptors (Lipinski definition) is 5. The molecule has 0 aliphatic carbocycles. The van der Waals surface area contributed by atoms with Crippen molar-refractivity contribution < 1.29 is 14.6 Å². The number of aryl methyl sites for hydroxylation is 1. The Bertz CT molecular complexity index is 1710. The Morgan fingerprint density at radius 2 is 1.77 bits per heavy atom. The van der Waals surface area contributed by atoms with Gasteiger partial charge in [0.15, 0.2) is 0 Å². The Labute approximate surface area is 251 Å². The number of ether oxygens (including phenoxy) is 1. The van der Waals surface area contributed by atoms with Crippen LogP contribution >= 0.6 is 46.6 Å². The first kappa shape index (κ1) is 28.4. The summed E-state index contributed by atoms with van der Waals surface area (Å²) in [5, 5.41) is 14.4. The average molecular weight is 612 g/mol. The second-order valence-corrected chi connectivity index (χ2v) is 11.4. The predicted octanol–water partition coefficient (Wildman–Crippen LogP) is 9.41. The lowest BCUT2D eigenvalue weighted by Gasteiger charge is -2.10. The fraction of sp³-hybridized carbons (Fsp3) is 0.161. The van der Waals surface area contributed by atoms with E-state index < -0.39 is 5.97 Å². The number of thioether (sulfide) groups is 1. The summed E-state index contributed by atoms with van der Waals surface area (Å²) in [5.41, 5.74) is 4.73. The molecule has 5 rings (SSSR count). The van der Waals surface area contributed by atoms with Gasteiger partial charge in [0.05, 0.1) is 22.7 Å². The Morgan fingerprint density at radius 3 is 2.48 bits per heavy atom. The fourth-order valence-corrected chi connectivity index (χ4v) is 6.21. The van der Waals surface area contributed by atoms with Crippen LogP contribution in [0.4, 0.5) is 5.69 Å². The van der Waals surface area contributed by atoms with Gasteiger partial charge in [-0.05, 0) is 66.9 Å². The van der Waals surface area contributed by atoms with Crippen molar-refractivity contribution in [1.82, 2.24) is 4.57 Å². The number of para-hydroxylation sites is 1. The van der Waals surface area contributed by atoms with Crippen molar-refractivity contribution in [3.63, 3.8) is 0 Å². The van der Waals surface area contributed by atoms with Crippen LogP contribution < -0.4 is 0 Å². The molecule has 0 bridgehead atoms. The molecule has 0 amide bonds. The smallest absolute Gasteiger partial charge is 0.344 e. The van der Waals surface area contributed by atoms with Gasteiger partial charge in [0.1, 0.15) is 16.4 Å². The highest BCUT2D eigenvalue weighted by Gasteiger charge is 2.33. The number of aliphatic imine (C=N–C) groups is 1. The van der Waals surface area contributed by atoms with Crippen LogP contribution in [0.1, 0.15) is 30.5 Å². The van der Waals surface area contributed by atoms with Gasteiger partial charge < -0.3 is 14.4 Å². The number of esters is 1. The molecule has 0 saturated heterocycles. The van der Waals surface area contributed by atoms with Crippen molar-refractivity contribution >= 4 is 80.2 Å². The first-order chi connectivity index (χ1) is 19.3. The lowest BCUT2D eigenvalue weighted by atomic mass is 10.1. The molecule has 40 heavy (non-hydrogen) atoms. The molecule has 4 aromatic rings. The van der Waals surface area contributed by atoms with E-state index in [1.807, 2.05) is 30.5 Å². The van der Waals surface area contributed by atoms with Gasteiger partial charge in [-0.3, -0.25) is 0 Å². The fourth-order valence-electron chi connectivity index (χ4n) is 4.59. The van der Waals surface area contributed by atoms with Crippen LogP contribution in [0.15, 0.2) is 88.1 Å². The number of aromatic nitrogens is 1.